The van der Waals surface area contributed by atoms with E-state index in [2.05, 4.69) is 10.2 Å². The van der Waals surface area contributed by atoms with Crippen LogP contribution in [0.5, 0.6) is 0 Å². The number of aromatic amines is 1. The third kappa shape index (κ3) is 2.60. The molecule has 0 bridgehead atoms. The molecule has 1 aliphatic rings. The summed E-state index contributed by atoms with van der Waals surface area (Å²) in [6.07, 6.45) is 0.603. The highest BCUT2D eigenvalue weighted by atomic mass is 32.1. The standard InChI is InChI=1S/C17H13N3O4S/c21-15-11-4-2-1-3-10(11)14(18-19-15)16(22)20-6-5-9-7-12(17(23)24)25-13(9)8-20/h1-4,7H,5-6,8H2,(H,19,21)(H,23,24). The number of amides is 1. The molecule has 3 heterocycles. The number of carboxylic acid groups (broad SMARTS) is 1. The maximum atomic E-state index is 12.9. The first kappa shape index (κ1) is 15.5. The second-order valence-electron chi connectivity index (χ2n) is 5.79. The zero-order valence-electron chi connectivity index (χ0n) is 13.0. The molecule has 0 saturated heterocycles. The number of H-pyrrole nitrogens is 1. The minimum absolute atomic E-state index is 0.202. The summed E-state index contributed by atoms with van der Waals surface area (Å²) in [5.74, 6) is -1.23. The van der Waals surface area contributed by atoms with Gasteiger partial charge in [0, 0.05) is 16.8 Å². The summed E-state index contributed by atoms with van der Waals surface area (Å²) >= 11 is 1.19. The number of aromatic nitrogens is 2. The lowest BCUT2D eigenvalue weighted by Gasteiger charge is -2.26. The normalized spacial score (nSPS) is 13.7. The van der Waals surface area contributed by atoms with E-state index in [0.29, 0.717) is 30.3 Å². The first-order chi connectivity index (χ1) is 12.0. The van der Waals surface area contributed by atoms with Gasteiger partial charge in [0.25, 0.3) is 11.5 Å². The van der Waals surface area contributed by atoms with E-state index in [-0.39, 0.29) is 22.0 Å². The third-order valence-electron chi connectivity index (χ3n) is 4.28. The number of hydrogen-bond donors (Lipinski definition) is 2. The molecule has 0 radical (unpaired) electrons. The second kappa shape index (κ2) is 5.82. The Morgan fingerprint density at radius 2 is 2.00 bits per heavy atom. The van der Waals surface area contributed by atoms with Crippen LogP contribution >= 0.6 is 11.3 Å². The third-order valence-corrected chi connectivity index (χ3v) is 5.43. The molecule has 3 aromatic rings. The van der Waals surface area contributed by atoms with E-state index >= 15 is 0 Å². The number of thiophene rings is 1. The van der Waals surface area contributed by atoms with E-state index in [1.165, 1.54) is 11.3 Å². The van der Waals surface area contributed by atoms with Crippen molar-refractivity contribution in [2.75, 3.05) is 6.54 Å². The van der Waals surface area contributed by atoms with Gasteiger partial charge in [-0.15, -0.1) is 11.3 Å². The number of carboxylic acids is 1. The molecule has 0 fully saturated rings. The first-order valence-corrected chi connectivity index (χ1v) is 8.48. The minimum atomic E-state index is -0.953. The summed E-state index contributed by atoms with van der Waals surface area (Å²) in [6, 6.07) is 8.52. The molecule has 0 aliphatic carbocycles. The average Bonchev–Trinajstić information content (AvgIpc) is 3.05. The molecular weight excluding hydrogens is 342 g/mol. The molecular formula is C17H13N3O4S. The highest BCUT2D eigenvalue weighted by Crippen LogP contribution is 2.29. The molecule has 0 saturated carbocycles. The fourth-order valence-corrected chi connectivity index (χ4v) is 4.09. The second-order valence-corrected chi connectivity index (χ2v) is 6.92. The van der Waals surface area contributed by atoms with Gasteiger partial charge < -0.3 is 10.0 Å². The van der Waals surface area contributed by atoms with Crippen LogP contribution in [0.3, 0.4) is 0 Å². The summed E-state index contributed by atoms with van der Waals surface area (Å²) in [6.45, 7) is 0.831. The van der Waals surface area contributed by atoms with Gasteiger partial charge in [-0.25, -0.2) is 9.89 Å². The minimum Gasteiger partial charge on any atom is -0.477 e. The summed E-state index contributed by atoms with van der Waals surface area (Å²) < 4.78 is 0. The van der Waals surface area contributed by atoms with Crippen molar-refractivity contribution in [3.63, 3.8) is 0 Å². The van der Waals surface area contributed by atoms with Gasteiger partial charge in [0.1, 0.15) is 4.88 Å². The lowest BCUT2D eigenvalue weighted by atomic mass is 10.1. The number of benzene rings is 1. The Morgan fingerprint density at radius 3 is 2.76 bits per heavy atom. The van der Waals surface area contributed by atoms with E-state index < -0.39 is 5.97 Å². The molecule has 4 rings (SSSR count). The van der Waals surface area contributed by atoms with E-state index in [9.17, 15) is 14.4 Å². The predicted molar refractivity (Wildman–Crippen MR) is 92.1 cm³/mol. The van der Waals surface area contributed by atoms with Crippen molar-refractivity contribution in [3.8, 4) is 0 Å². The summed E-state index contributed by atoms with van der Waals surface area (Å²) in [4.78, 5) is 38.7. The van der Waals surface area contributed by atoms with E-state index in [0.717, 1.165) is 10.4 Å². The number of rotatable bonds is 2. The highest BCUT2D eigenvalue weighted by molar-refractivity contribution is 7.14. The van der Waals surface area contributed by atoms with Crippen LogP contribution in [0, 0.1) is 0 Å². The maximum absolute atomic E-state index is 12.9. The number of carbonyl (C=O) groups is 2. The van der Waals surface area contributed by atoms with E-state index in [4.69, 9.17) is 5.11 Å². The molecule has 7 nitrogen and oxygen atoms in total. The smallest absolute Gasteiger partial charge is 0.345 e. The van der Waals surface area contributed by atoms with E-state index in [1.54, 1.807) is 35.2 Å². The summed E-state index contributed by atoms with van der Waals surface area (Å²) in [5.41, 5.74) is 0.844. The van der Waals surface area contributed by atoms with Crippen LogP contribution in [-0.4, -0.2) is 38.6 Å². The molecule has 0 spiro atoms. The van der Waals surface area contributed by atoms with E-state index in [1.807, 2.05) is 0 Å². The van der Waals surface area contributed by atoms with Crippen LogP contribution in [0.25, 0.3) is 10.8 Å². The maximum Gasteiger partial charge on any atom is 0.345 e. The lowest BCUT2D eigenvalue weighted by Crippen LogP contribution is -2.36. The first-order valence-electron chi connectivity index (χ1n) is 7.66. The van der Waals surface area contributed by atoms with Crippen LogP contribution in [0.2, 0.25) is 0 Å². The van der Waals surface area contributed by atoms with Crippen molar-refractivity contribution in [2.24, 2.45) is 0 Å². The number of nitrogens with one attached hydrogen (secondary N) is 1. The van der Waals surface area contributed by atoms with Crippen LogP contribution in [0.4, 0.5) is 0 Å². The molecule has 8 heteroatoms. The molecule has 2 aromatic heterocycles. The van der Waals surface area contributed by atoms with Crippen molar-refractivity contribution in [3.05, 3.63) is 61.7 Å². The van der Waals surface area contributed by atoms with Crippen molar-refractivity contribution in [1.82, 2.24) is 15.1 Å². The van der Waals surface area contributed by atoms with Crippen molar-refractivity contribution in [1.29, 1.82) is 0 Å². The largest absolute Gasteiger partial charge is 0.477 e. The van der Waals surface area contributed by atoms with Gasteiger partial charge in [-0.1, -0.05) is 18.2 Å². The Bertz CT molecular complexity index is 1070. The monoisotopic (exact) mass is 355 g/mol. The molecule has 0 atom stereocenters. The Hall–Kier alpha value is -3.00. The molecule has 126 valence electrons. The summed E-state index contributed by atoms with van der Waals surface area (Å²) in [5, 5.41) is 16.4. The zero-order valence-corrected chi connectivity index (χ0v) is 13.8. The molecule has 1 aromatic carbocycles. The van der Waals surface area contributed by atoms with Gasteiger partial charge in [0.05, 0.1) is 11.9 Å². The Labute approximate surface area is 145 Å². The number of aromatic carboxylic acids is 1. The van der Waals surface area contributed by atoms with Gasteiger partial charge in [-0.2, -0.15) is 5.10 Å². The number of hydrogen-bond acceptors (Lipinski definition) is 5. The van der Waals surface area contributed by atoms with Gasteiger partial charge in [0.15, 0.2) is 5.69 Å². The highest BCUT2D eigenvalue weighted by Gasteiger charge is 2.27. The number of fused-ring (bicyclic) bond motifs is 2. The molecule has 1 aliphatic heterocycles. The van der Waals surface area contributed by atoms with Gasteiger partial charge >= 0.3 is 5.97 Å². The van der Waals surface area contributed by atoms with Crippen LogP contribution in [-0.2, 0) is 13.0 Å². The fourth-order valence-electron chi connectivity index (χ4n) is 3.03. The Morgan fingerprint density at radius 1 is 1.24 bits per heavy atom. The molecule has 25 heavy (non-hydrogen) atoms. The van der Waals surface area contributed by atoms with Crippen molar-refractivity contribution < 1.29 is 14.7 Å². The molecule has 1 amide bonds. The lowest BCUT2D eigenvalue weighted by molar-refractivity contribution is 0.0699. The van der Waals surface area contributed by atoms with Crippen molar-refractivity contribution >= 4 is 34.0 Å². The predicted octanol–water partition coefficient (Wildman–Crippen LogP) is 1.88. The van der Waals surface area contributed by atoms with Crippen LogP contribution in [0.1, 0.15) is 30.6 Å². The Kier molecular flexibility index (Phi) is 3.61. The van der Waals surface area contributed by atoms with Crippen LogP contribution < -0.4 is 5.56 Å². The van der Waals surface area contributed by atoms with Gasteiger partial charge in [-0.05, 0) is 24.1 Å². The number of nitrogens with zero attached hydrogens (tertiary/aromatic N) is 2. The topological polar surface area (TPSA) is 103 Å². The SMILES string of the molecule is O=C(O)c1cc2c(s1)CN(C(=O)c1n[nH]c(=O)c3ccccc13)CC2. The van der Waals surface area contributed by atoms with Crippen LogP contribution in [0.15, 0.2) is 35.1 Å². The molecule has 0 unspecified atom stereocenters. The summed E-state index contributed by atoms with van der Waals surface area (Å²) in [7, 11) is 0. The van der Waals surface area contributed by atoms with Gasteiger partial charge in [-0.3, -0.25) is 9.59 Å². The number of carbonyl (C=O) groups excluding carboxylic acids is 1. The fraction of sp³-hybridized carbons (Fsp3) is 0.176. The average molecular weight is 355 g/mol. The Balaban J connectivity index is 1.69. The molecule has 2 N–H and O–H groups in total. The zero-order chi connectivity index (χ0) is 17.6. The quantitative estimate of drug-likeness (QED) is 0.730. The van der Waals surface area contributed by atoms with Crippen molar-refractivity contribution in [2.45, 2.75) is 13.0 Å². The van der Waals surface area contributed by atoms with Gasteiger partial charge in [0.2, 0.25) is 0 Å².